The van der Waals surface area contributed by atoms with Gasteiger partial charge in [-0.3, -0.25) is 26.1 Å². The molecule has 0 spiro atoms. The minimum Gasteiger partial charge on any atom is -0.478 e. The average molecular weight is 1060 g/mol. The molecule has 0 radical (unpaired) electrons. The van der Waals surface area contributed by atoms with Crippen LogP contribution in [0.1, 0.15) is 143 Å². The molecule has 0 fully saturated rings. The first-order valence-corrected chi connectivity index (χ1v) is 24.3. The van der Waals surface area contributed by atoms with Crippen LogP contribution in [0, 0.1) is 36.0 Å². The van der Waals surface area contributed by atoms with Crippen LogP contribution in [-0.2, 0) is 18.9 Å². The van der Waals surface area contributed by atoms with Crippen molar-refractivity contribution < 1.29 is 52.8 Å². The highest BCUT2D eigenvalue weighted by atomic mass is 16.6. The molecule has 4 rings (SSSR count). The molecular weight excluding hydrogens is 985 g/mol. The minimum absolute atomic E-state index is 0.111. The topological polar surface area (TPSA) is 273 Å². The number of carboxylic acid groups (broad SMARTS) is 1. The Balaban J connectivity index is 0.00000114. The first-order valence-electron chi connectivity index (χ1n) is 24.3. The van der Waals surface area contributed by atoms with Gasteiger partial charge in [0, 0.05) is 57.7 Å². The molecule has 5 amide bonds. The third-order valence-corrected chi connectivity index (χ3v) is 8.64. The number of hydrogen-bond donors (Lipinski definition) is 7. The van der Waals surface area contributed by atoms with Crippen molar-refractivity contribution in [1.29, 1.82) is 5.26 Å². The number of nitriles is 1. The number of nitrogens with one attached hydrogen (secondary N) is 5. The van der Waals surface area contributed by atoms with Gasteiger partial charge < -0.3 is 40.0 Å². The van der Waals surface area contributed by atoms with E-state index in [-0.39, 0.29) is 33.9 Å². The molecule has 0 aliphatic heterocycles. The van der Waals surface area contributed by atoms with Crippen LogP contribution < -0.4 is 32.3 Å². The van der Waals surface area contributed by atoms with E-state index in [9.17, 15) is 33.9 Å². The van der Waals surface area contributed by atoms with Gasteiger partial charge >= 0.3 is 30.3 Å². The number of rotatable bonds is 10. The maximum Gasteiger partial charge on any atom is 0.412 e. The van der Waals surface area contributed by atoms with E-state index >= 15 is 0 Å². The summed E-state index contributed by atoms with van der Waals surface area (Å²) in [4.78, 5) is 74.6. The van der Waals surface area contributed by atoms with E-state index in [2.05, 4.69) is 64.1 Å². The Morgan fingerprint density at radius 2 is 0.831 bits per heavy atom. The largest absolute Gasteiger partial charge is 0.478 e. The molecule has 0 aliphatic carbocycles. The number of aromatic carboxylic acids is 1. The lowest BCUT2D eigenvalue weighted by Gasteiger charge is -2.21. The summed E-state index contributed by atoms with van der Waals surface area (Å²) in [5, 5.41) is 29.3. The van der Waals surface area contributed by atoms with Crippen LogP contribution in [0.2, 0.25) is 0 Å². The van der Waals surface area contributed by atoms with Crippen molar-refractivity contribution in [2.24, 2.45) is 0 Å². The molecule has 0 atom stereocenters. The van der Waals surface area contributed by atoms with E-state index in [1.54, 1.807) is 126 Å². The van der Waals surface area contributed by atoms with Crippen LogP contribution in [0.5, 0.6) is 0 Å². The van der Waals surface area contributed by atoms with Crippen molar-refractivity contribution in [3.8, 4) is 30.8 Å². The number of terminal acetylenes is 2. The van der Waals surface area contributed by atoms with E-state index in [1.807, 2.05) is 12.1 Å². The van der Waals surface area contributed by atoms with Crippen LogP contribution in [0.4, 0.5) is 53.3 Å². The molecule has 416 valence electrons. The van der Waals surface area contributed by atoms with Gasteiger partial charge in [0.2, 0.25) is 0 Å². The summed E-state index contributed by atoms with van der Waals surface area (Å²) in [7, 11) is 0. The summed E-state index contributed by atoms with van der Waals surface area (Å²) in [6.45, 7) is 32.2. The van der Waals surface area contributed by atoms with Gasteiger partial charge in [-0.1, -0.05) is 44.7 Å². The van der Waals surface area contributed by atoms with Gasteiger partial charge in [-0.25, -0.2) is 24.0 Å². The van der Waals surface area contributed by atoms with Crippen LogP contribution in [0.25, 0.3) is 0 Å². The number of carbonyl (C=O) groups excluding carboxylic acids is 5. The van der Waals surface area contributed by atoms with Crippen LogP contribution in [0.15, 0.2) is 84.9 Å². The van der Waals surface area contributed by atoms with Crippen molar-refractivity contribution in [1.82, 2.24) is 4.90 Å². The molecule has 0 aromatic heterocycles. The van der Waals surface area contributed by atoms with E-state index in [4.69, 9.17) is 42.8 Å². The van der Waals surface area contributed by atoms with E-state index in [1.165, 1.54) is 63.0 Å². The number of nitrogen functional groups attached to an aromatic ring is 1. The normalized spacial score (nSPS) is 10.5. The summed E-state index contributed by atoms with van der Waals surface area (Å²) < 4.78 is 20.8. The first kappa shape index (κ1) is 68.3. The van der Waals surface area contributed by atoms with Crippen molar-refractivity contribution in [2.45, 2.75) is 133 Å². The summed E-state index contributed by atoms with van der Waals surface area (Å²) in [5.41, 5.74) is 6.17. The molecule has 0 unspecified atom stereocenters. The number of nitrogens with zero attached hydrogens (tertiary/aromatic N) is 2. The predicted octanol–water partition coefficient (Wildman–Crippen LogP) is 12.8. The first-order chi connectivity index (χ1) is 35.6. The van der Waals surface area contributed by atoms with Crippen LogP contribution >= 0.6 is 0 Å². The highest BCUT2D eigenvalue weighted by Crippen LogP contribution is 2.24. The smallest absolute Gasteiger partial charge is 0.412 e. The van der Waals surface area contributed by atoms with Gasteiger partial charge in [0.15, 0.2) is 0 Å². The second-order valence-electron chi connectivity index (χ2n) is 20.2. The third kappa shape index (κ3) is 32.9. The SMILES string of the molecule is C#Cc1cccc(N)c1.C#Cc1cccc(NC(=O)c2cc(NC(=O)OC(C)(C)C)cc(NC(=O)OC(C)(C)C)c2)c1.CC#N.CC(C)(C)OC(=O)Nc1cc(NC(=O)OC(C)(C)C)cc(C(=O)O)c1.CCN(CC)CC. The van der Waals surface area contributed by atoms with Crippen LogP contribution in [0.3, 0.4) is 0 Å². The highest BCUT2D eigenvalue weighted by molar-refractivity contribution is 6.06. The Labute approximate surface area is 454 Å². The Bertz CT molecular complexity index is 2620. The van der Waals surface area contributed by atoms with Crippen molar-refractivity contribution in [3.63, 3.8) is 0 Å². The summed E-state index contributed by atoms with van der Waals surface area (Å²) in [6, 6.07) is 24.1. The Kier molecular flexibility index (Phi) is 28.9. The van der Waals surface area contributed by atoms with Gasteiger partial charge in [0.05, 0.1) is 11.6 Å². The van der Waals surface area contributed by atoms with Crippen LogP contribution in [-0.4, -0.2) is 88.3 Å². The van der Waals surface area contributed by atoms with Gasteiger partial charge in [-0.2, -0.15) is 5.26 Å². The maximum absolute atomic E-state index is 12.9. The Hall–Kier alpha value is -8.73. The van der Waals surface area contributed by atoms with E-state index in [0.29, 0.717) is 16.9 Å². The zero-order valence-corrected chi connectivity index (χ0v) is 47.4. The second-order valence-corrected chi connectivity index (χ2v) is 20.2. The van der Waals surface area contributed by atoms with Crippen molar-refractivity contribution >= 4 is 70.4 Å². The minimum atomic E-state index is -1.21. The second kappa shape index (κ2) is 32.5. The maximum atomic E-state index is 12.9. The van der Waals surface area contributed by atoms with E-state index in [0.717, 1.165) is 5.56 Å². The Morgan fingerprint density at radius 3 is 1.09 bits per heavy atom. The zero-order chi connectivity index (χ0) is 59.3. The van der Waals surface area contributed by atoms with Crippen molar-refractivity contribution in [3.05, 3.63) is 107 Å². The molecular formula is C58H78N8O11. The highest BCUT2D eigenvalue weighted by Gasteiger charge is 2.22. The van der Waals surface area contributed by atoms with E-state index < -0.39 is 58.7 Å². The fourth-order valence-electron chi connectivity index (χ4n) is 5.67. The quantitative estimate of drug-likeness (QED) is 0.0442. The predicted molar refractivity (Wildman–Crippen MR) is 305 cm³/mol. The van der Waals surface area contributed by atoms with Crippen molar-refractivity contribution in [2.75, 3.05) is 52.0 Å². The molecule has 19 nitrogen and oxygen atoms in total. The number of benzene rings is 4. The fraction of sp³-hybridized carbons (Fsp3) is 0.397. The lowest BCUT2D eigenvalue weighted by molar-refractivity contribution is 0.0623. The van der Waals surface area contributed by atoms with Gasteiger partial charge in [0.25, 0.3) is 5.91 Å². The number of carbonyl (C=O) groups is 6. The number of hydrogen-bond acceptors (Lipinski definition) is 13. The molecule has 0 heterocycles. The molecule has 8 N–H and O–H groups in total. The van der Waals surface area contributed by atoms with Gasteiger partial charge in [0.1, 0.15) is 22.4 Å². The summed E-state index contributed by atoms with van der Waals surface area (Å²) in [5.74, 6) is 3.32. The number of amides is 5. The molecule has 19 heteroatoms. The zero-order valence-electron chi connectivity index (χ0n) is 47.4. The Morgan fingerprint density at radius 1 is 0.519 bits per heavy atom. The molecule has 4 aromatic carbocycles. The molecule has 0 aliphatic rings. The summed E-state index contributed by atoms with van der Waals surface area (Å²) >= 11 is 0. The third-order valence-electron chi connectivity index (χ3n) is 8.64. The van der Waals surface area contributed by atoms with Gasteiger partial charge in [-0.05, 0) is 176 Å². The molecule has 4 aromatic rings. The monoisotopic (exact) mass is 1060 g/mol. The molecule has 0 saturated carbocycles. The van der Waals surface area contributed by atoms with Gasteiger partial charge in [-0.15, -0.1) is 12.8 Å². The number of ether oxygens (including phenoxy) is 4. The standard InChI is InChI=1S/C25H29N3O5.C17H24N2O6.C8H7N.C6H15N.C2H3N/c1-8-16-10-9-11-18(12-16)26-21(29)17-13-19(27-22(30)32-24(2,3)4)15-20(14-17)28-23(31)33-25(5,6)7;1-16(2,3)24-14(22)18-11-7-10(13(20)21)8-12(9-11)19-15(23)25-17(4,5)6;1-2-7-4-3-5-8(9)6-7;1-4-7(5-2)6-3;1-2-3/h1,9-15H,2-7H3,(H,26,29)(H,27,30)(H,28,31);7-9H,1-6H3,(H,18,22)(H,19,23)(H,20,21);1,3-6H,9H2;4-6H2,1-3H3;1H3. The summed E-state index contributed by atoms with van der Waals surface area (Å²) in [6.07, 6.45) is 7.64. The number of nitrogens with two attached hydrogens (primary N) is 1. The number of anilines is 6. The molecule has 0 bridgehead atoms. The molecule has 77 heavy (non-hydrogen) atoms. The lowest BCUT2D eigenvalue weighted by atomic mass is 10.1. The molecule has 0 saturated heterocycles. The fourth-order valence-corrected chi connectivity index (χ4v) is 5.67. The lowest BCUT2D eigenvalue weighted by Crippen LogP contribution is -2.28. The average Bonchev–Trinajstić information content (AvgIpc) is 3.27. The number of carboxylic acids is 1.